The lowest BCUT2D eigenvalue weighted by Gasteiger charge is -2.39. The molecule has 48 heavy (non-hydrogen) atoms. The van der Waals surface area contributed by atoms with E-state index in [1.165, 1.54) is 6.92 Å². The quantitative estimate of drug-likeness (QED) is 0.189. The van der Waals surface area contributed by atoms with Crippen molar-refractivity contribution >= 4 is 29.5 Å². The summed E-state index contributed by atoms with van der Waals surface area (Å²) in [6.07, 6.45) is 7.50. The minimum absolute atomic E-state index is 0.0866. The number of rotatable bonds is 11. The number of likely N-dealkylation sites (N-methyl/N-ethyl adjacent to an activating group) is 1. The Balaban J connectivity index is 2.66. The first kappa shape index (κ1) is 41.4. The van der Waals surface area contributed by atoms with E-state index in [1.807, 2.05) is 20.8 Å². The van der Waals surface area contributed by atoms with Gasteiger partial charge in [0.2, 0.25) is 29.5 Å². The summed E-state index contributed by atoms with van der Waals surface area (Å²) in [7, 11) is 1.67. The molecule has 0 unspecified atom stereocenters. The van der Waals surface area contributed by atoms with Crippen LogP contribution in [-0.4, -0.2) is 113 Å². The molecule has 0 aromatic heterocycles. The predicted octanol–water partition coefficient (Wildman–Crippen LogP) is 1.41. The van der Waals surface area contributed by atoms with Gasteiger partial charge >= 0.3 is 0 Å². The van der Waals surface area contributed by atoms with Crippen molar-refractivity contribution in [2.45, 2.75) is 155 Å². The van der Waals surface area contributed by atoms with Crippen LogP contribution in [0.5, 0.6) is 0 Å². The highest BCUT2D eigenvalue weighted by Crippen LogP contribution is 2.27. The molecule has 0 aromatic carbocycles. The van der Waals surface area contributed by atoms with Crippen molar-refractivity contribution in [1.29, 1.82) is 0 Å². The summed E-state index contributed by atoms with van der Waals surface area (Å²) < 4.78 is 0. The molecule has 1 saturated carbocycles. The minimum atomic E-state index is -1.30. The van der Waals surface area contributed by atoms with E-state index in [0.717, 1.165) is 57.8 Å². The first-order valence-electron chi connectivity index (χ1n) is 18.4. The fraction of sp³-hybridized carbons (Fsp3) is 0.857. The van der Waals surface area contributed by atoms with Crippen molar-refractivity contribution in [1.82, 2.24) is 31.1 Å². The van der Waals surface area contributed by atoms with Crippen molar-refractivity contribution < 1.29 is 29.1 Å². The van der Waals surface area contributed by atoms with Gasteiger partial charge in [0.25, 0.3) is 0 Å². The Hall–Kier alpha value is -2.77. The molecule has 13 nitrogen and oxygen atoms in total. The lowest BCUT2D eigenvalue weighted by atomic mass is 9.83. The summed E-state index contributed by atoms with van der Waals surface area (Å²) in [6.45, 7) is 12.1. The molecule has 7 N–H and O–H groups in total. The number of carbonyl (C=O) groups is 5. The number of nitrogens with two attached hydrogens (primary N) is 1. The van der Waals surface area contributed by atoms with Gasteiger partial charge in [-0.25, -0.2) is 0 Å². The number of unbranched alkanes of at least 4 members (excludes halogenated alkanes) is 2. The van der Waals surface area contributed by atoms with Gasteiger partial charge in [-0.15, -0.1) is 0 Å². The maximum Gasteiger partial charge on any atom is 0.245 e. The van der Waals surface area contributed by atoms with Crippen LogP contribution in [-0.2, 0) is 24.0 Å². The van der Waals surface area contributed by atoms with Gasteiger partial charge in [0, 0.05) is 26.2 Å². The maximum absolute atomic E-state index is 14.5. The van der Waals surface area contributed by atoms with Gasteiger partial charge in [0.15, 0.2) is 0 Å². The molecular formula is C35H65N7O6. The SMILES string of the molecule is CCCC[C@H]1C(=O)N(C)[C@@H](CC(C)C)C(=O)N[C@@H](C2CCCCC2)C(=O)N[C@@H](CN)C(=O)N[C@@H]([C@H](C)O)C(=O)N[C@H](C)CN1CCCC. The van der Waals surface area contributed by atoms with E-state index in [1.54, 1.807) is 11.9 Å². The van der Waals surface area contributed by atoms with Crippen LogP contribution in [0.1, 0.15) is 112 Å². The van der Waals surface area contributed by atoms with Crippen LogP contribution in [0.25, 0.3) is 0 Å². The Bertz CT molecular complexity index is 1050. The van der Waals surface area contributed by atoms with Gasteiger partial charge < -0.3 is 37.0 Å². The van der Waals surface area contributed by atoms with E-state index < -0.39 is 66.0 Å². The highest BCUT2D eigenvalue weighted by Gasteiger charge is 2.39. The zero-order valence-corrected chi connectivity index (χ0v) is 30.6. The maximum atomic E-state index is 14.5. The number of carbonyl (C=O) groups excluding carboxylic acids is 5. The lowest BCUT2D eigenvalue weighted by Crippen LogP contribution is -2.64. The molecule has 1 heterocycles. The molecule has 2 fully saturated rings. The number of nitrogens with zero attached hydrogens (tertiary/aromatic N) is 2. The zero-order chi connectivity index (χ0) is 36.0. The topological polar surface area (TPSA) is 186 Å². The normalized spacial score (nSPS) is 29.0. The van der Waals surface area contributed by atoms with E-state index in [0.29, 0.717) is 25.9 Å². The molecule has 1 aliphatic heterocycles. The van der Waals surface area contributed by atoms with Crippen LogP contribution in [0.2, 0.25) is 0 Å². The van der Waals surface area contributed by atoms with Crippen LogP contribution < -0.4 is 27.0 Å². The number of hydrogen-bond donors (Lipinski definition) is 6. The molecule has 1 aliphatic carbocycles. The van der Waals surface area contributed by atoms with Crippen LogP contribution in [0.4, 0.5) is 0 Å². The molecule has 1 saturated heterocycles. The van der Waals surface area contributed by atoms with Gasteiger partial charge in [-0.3, -0.25) is 28.9 Å². The molecule has 0 bridgehead atoms. The third-order valence-electron chi connectivity index (χ3n) is 9.70. The Labute approximate surface area is 288 Å². The Morgan fingerprint density at radius 1 is 0.833 bits per heavy atom. The largest absolute Gasteiger partial charge is 0.391 e. The number of amides is 5. The Kier molecular flexibility index (Phi) is 17.8. The van der Waals surface area contributed by atoms with E-state index in [4.69, 9.17) is 5.73 Å². The summed E-state index contributed by atoms with van der Waals surface area (Å²) in [6, 6.07) is -5.23. The molecule has 7 atom stereocenters. The van der Waals surface area contributed by atoms with Gasteiger partial charge in [-0.2, -0.15) is 0 Å². The van der Waals surface area contributed by atoms with Gasteiger partial charge in [-0.05, 0) is 64.3 Å². The number of aliphatic hydroxyl groups excluding tert-OH is 1. The predicted molar refractivity (Wildman–Crippen MR) is 187 cm³/mol. The van der Waals surface area contributed by atoms with Crippen molar-refractivity contribution in [3.05, 3.63) is 0 Å². The molecule has 0 aromatic rings. The summed E-state index contributed by atoms with van der Waals surface area (Å²) in [4.78, 5) is 73.1. The average molecular weight is 680 g/mol. The first-order chi connectivity index (χ1) is 22.7. The number of hydrogen-bond acceptors (Lipinski definition) is 8. The van der Waals surface area contributed by atoms with Gasteiger partial charge in [-0.1, -0.05) is 66.2 Å². The van der Waals surface area contributed by atoms with Crippen molar-refractivity contribution in [2.75, 3.05) is 26.7 Å². The second kappa shape index (κ2) is 20.7. The minimum Gasteiger partial charge on any atom is -0.391 e. The van der Waals surface area contributed by atoms with E-state index in [-0.39, 0.29) is 24.3 Å². The standard InChI is InChI=1S/C35H65N7O6/c1-8-10-17-27-35(48)41(7)28(19-22(3)4)32(45)40-30(25-15-13-12-14-16-25)34(47)38-26(20-36)31(44)39-29(24(6)43)33(46)37-23(5)21-42(27)18-11-9-2/h22-30,43H,8-21,36H2,1-7H3,(H,37,46)(H,38,47)(H,39,44)(H,40,45)/t23-,24+,26+,27+,28+,29+,30+/m1/s1. The highest BCUT2D eigenvalue weighted by atomic mass is 16.3. The fourth-order valence-corrected chi connectivity index (χ4v) is 6.87. The average Bonchev–Trinajstić information content (AvgIpc) is 3.04. The third kappa shape index (κ3) is 12.3. The molecule has 2 aliphatic rings. The summed E-state index contributed by atoms with van der Waals surface area (Å²) in [5.41, 5.74) is 5.94. The second-order valence-corrected chi connectivity index (χ2v) is 14.4. The van der Waals surface area contributed by atoms with Gasteiger partial charge in [0.1, 0.15) is 24.2 Å². The van der Waals surface area contributed by atoms with Crippen LogP contribution in [0.3, 0.4) is 0 Å². The number of nitrogens with one attached hydrogen (secondary N) is 4. The monoisotopic (exact) mass is 679 g/mol. The molecule has 0 spiro atoms. The lowest BCUT2D eigenvalue weighted by molar-refractivity contribution is -0.145. The smallest absolute Gasteiger partial charge is 0.245 e. The molecule has 5 amide bonds. The van der Waals surface area contributed by atoms with Crippen molar-refractivity contribution in [3.8, 4) is 0 Å². The summed E-state index contributed by atoms with van der Waals surface area (Å²) >= 11 is 0. The Morgan fingerprint density at radius 3 is 2.04 bits per heavy atom. The van der Waals surface area contributed by atoms with Crippen LogP contribution >= 0.6 is 0 Å². The van der Waals surface area contributed by atoms with E-state index in [9.17, 15) is 29.1 Å². The molecular weight excluding hydrogens is 614 g/mol. The molecule has 2 rings (SSSR count). The number of aliphatic hydroxyl groups is 1. The Morgan fingerprint density at radius 2 is 1.48 bits per heavy atom. The van der Waals surface area contributed by atoms with Crippen LogP contribution in [0.15, 0.2) is 0 Å². The van der Waals surface area contributed by atoms with Crippen molar-refractivity contribution in [3.63, 3.8) is 0 Å². The molecule has 276 valence electrons. The zero-order valence-electron chi connectivity index (χ0n) is 30.6. The van der Waals surface area contributed by atoms with Gasteiger partial charge in [0.05, 0.1) is 12.1 Å². The third-order valence-corrected chi connectivity index (χ3v) is 9.70. The molecule has 0 radical (unpaired) electrons. The summed E-state index contributed by atoms with van der Waals surface area (Å²) in [5.74, 6) is -2.47. The van der Waals surface area contributed by atoms with E-state index in [2.05, 4.69) is 40.0 Å². The van der Waals surface area contributed by atoms with Crippen LogP contribution in [0, 0.1) is 11.8 Å². The fourth-order valence-electron chi connectivity index (χ4n) is 6.87. The second-order valence-electron chi connectivity index (χ2n) is 14.4. The highest BCUT2D eigenvalue weighted by molar-refractivity contribution is 5.96. The van der Waals surface area contributed by atoms with Crippen molar-refractivity contribution in [2.24, 2.45) is 17.6 Å². The molecule has 13 heteroatoms. The first-order valence-corrected chi connectivity index (χ1v) is 18.4. The van der Waals surface area contributed by atoms with E-state index >= 15 is 0 Å². The summed E-state index contributed by atoms with van der Waals surface area (Å²) in [5, 5.41) is 21.7.